The summed E-state index contributed by atoms with van der Waals surface area (Å²) in [5.74, 6) is 0.743. The predicted octanol–water partition coefficient (Wildman–Crippen LogP) is 2.08. The Kier molecular flexibility index (Phi) is 5.33. The Labute approximate surface area is 125 Å². The number of methoxy groups -OCH3 is 1. The fourth-order valence-electron chi connectivity index (χ4n) is 2.73. The largest absolute Gasteiger partial charge is 0.497 e. The molecule has 0 bridgehead atoms. The van der Waals surface area contributed by atoms with E-state index in [0.717, 1.165) is 25.8 Å². The van der Waals surface area contributed by atoms with Gasteiger partial charge in [-0.2, -0.15) is 0 Å². The smallest absolute Gasteiger partial charge is 0.238 e. The van der Waals surface area contributed by atoms with E-state index in [4.69, 9.17) is 4.74 Å². The van der Waals surface area contributed by atoms with Crippen LogP contribution in [0.5, 0.6) is 5.75 Å². The number of hydrogen-bond acceptors (Lipinski definition) is 4. The second-order valence-electron chi connectivity index (χ2n) is 5.37. The van der Waals surface area contributed by atoms with Crippen molar-refractivity contribution in [3.8, 4) is 5.75 Å². The third-order valence-electron chi connectivity index (χ3n) is 3.78. The molecule has 1 N–H and O–H groups in total. The monoisotopic (exact) mass is 290 g/mol. The molecule has 1 aromatic rings. The summed E-state index contributed by atoms with van der Waals surface area (Å²) in [6.45, 7) is 2.65. The number of nitrogens with zero attached hydrogens (tertiary/aromatic N) is 1. The summed E-state index contributed by atoms with van der Waals surface area (Å²) in [5.41, 5.74) is 0.704. The molecule has 5 nitrogen and oxygen atoms in total. The lowest BCUT2D eigenvalue weighted by Gasteiger charge is -2.33. The van der Waals surface area contributed by atoms with Gasteiger partial charge in [0.05, 0.1) is 19.7 Å². The molecule has 1 unspecified atom stereocenters. The molecular formula is C16H22N2O3. The van der Waals surface area contributed by atoms with Crippen LogP contribution in [0.1, 0.15) is 26.2 Å². The van der Waals surface area contributed by atoms with Crippen LogP contribution >= 0.6 is 0 Å². The van der Waals surface area contributed by atoms with Crippen molar-refractivity contribution in [1.29, 1.82) is 0 Å². The summed E-state index contributed by atoms with van der Waals surface area (Å²) in [4.78, 5) is 25.8. The first-order valence-corrected chi connectivity index (χ1v) is 7.28. The van der Waals surface area contributed by atoms with Crippen molar-refractivity contribution in [3.05, 3.63) is 24.3 Å². The lowest BCUT2D eigenvalue weighted by molar-refractivity contribution is -0.125. The topological polar surface area (TPSA) is 58.6 Å². The van der Waals surface area contributed by atoms with Crippen LogP contribution in [0.4, 0.5) is 5.69 Å². The average molecular weight is 290 g/mol. The van der Waals surface area contributed by atoms with Gasteiger partial charge >= 0.3 is 0 Å². The molecule has 1 aliphatic rings. The van der Waals surface area contributed by atoms with Crippen molar-refractivity contribution in [1.82, 2.24) is 4.90 Å². The molecule has 1 amide bonds. The second-order valence-corrected chi connectivity index (χ2v) is 5.37. The van der Waals surface area contributed by atoms with Gasteiger partial charge in [0.1, 0.15) is 11.5 Å². The molecule has 5 heteroatoms. The number of hydrogen-bond donors (Lipinski definition) is 1. The van der Waals surface area contributed by atoms with E-state index in [-0.39, 0.29) is 24.3 Å². The van der Waals surface area contributed by atoms with Crippen LogP contribution in [-0.2, 0) is 9.59 Å². The van der Waals surface area contributed by atoms with Gasteiger partial charge in [0.25, 0.3) is 0 Å². The summed E-state index contributed by atoms with van der Waals surface area (Å²) in [6, 6.07) is 7.13. The maximum atomic E-state index is 12.1. The Balaban J connectivity index is 1.95. The summed E-state index contributed by atoms with van der Waals surface area (Å²) < 4.78 is 5.13. The van der Waals surface area contributed by atoms with Crippen LogP contribution in [0.2, 0.25) is 0 Å². The van der Waals surface area contributed by atoms with Gasteiger partial charge in [-0.05, 0) is 38.4 Å². The van der Waals surface area contributed by atoms with E-state index in [1.807, 2.05) is 23.1 Å². The molecule has 0 aliphatic carbocycles. The number of amides is 1. The van der Waals surface area contributed by atoms with Gasteiger partial charge in [0, 0.05) is 11.8 Å². The summed E-state index contributed by atoms with van der Waals surface area (Å²) in [5, 5.41) is 2.85. The molecule has 1 heterocycles. The molecule has 0 saturated carbocycles. The van der Waals surface area contributed by atoms with Gasteiger partial charge < -0.3 is 10.1 Å². The Bertz CT molecular complexity index is 516. The zero-order chi connectivity index (χ0) is 15.2. The Morgan fingerprint density at radius 2 is 2.19 bits per heavy atom. The van der Waals surface area contributed by atoms with Gasteiger partial charge in [-0.25, -0.2) is 0 Å². The lowest BCUT2D eigenvalue weighted by atomic mass is 9.99. The van der Waals surface area contributed by atoms with Gasteiger partial charge in [-0.1, -0.05) is 12.5 Å². The van der Waals surface area contributed by atoms with Crippen molar-refractivity contribution in [2.45, 2.75) is 32.2 Å². The van der Waals surface area contributed by atoms with Gasteiger partial charge in [-0.3, -0.25) is 14.5 Å². The number of carbonyl (C=O) groups is 2. The van der Waals surface area contributed by atoms with Crippen LogP contribution in [0, 0.1) is 0 Å². The fraction of sp³-hybridized carbons (Fsp3) is 0.500. The molecule has 1 saturated heterocycles. The second kappa shape index (κ2) is 7.22. The normalized spacial score (nSPS) is 19.0. The minimum Gasteiger partial charge on any atom is -0.497 e. The quantitative estimate of drug-likeness (QED) is 0.902. The number of rotatable bonds is 5. The van der Waals surface area contributed by atoms with Gasteiger partial charge in [-0.15, -0.1) is 0 Å². The highest BCUT2D eigenvalue weighted by Gasteiger charge is 2.27. The zero-order valence-corrected chi connectivity index (χ0v) is 12.6. The first-order chi connectivity index (χ1) is 10.1. The van der Waals surface area contributed by atoms with E-state index in [1.165, 1.54) is 0 Å². The summed E-state index contributed by atoms with van der Waals surface area (Å²) in [6.07, 6.45) is 2.94. The third kappa shape index (κ3) is 4.29. The number of Topliss-reactive ketones (excluding diaryl/α,β-unsaturated/α-hetero) is 1. The average Bonchev–Trinajstić information content (AvgIpc) is 2.47. The van der Waals surface area contributed by atoms with E-state index >= 15 is 0 Å². The van der Waals surface area contributed by atoms with Crippen molar-refractivity contribution in [3.63, 3.8) is 0 Å². The number of piperidine rings is 1. The fourth-order valence-corrected chi connectivity index (χ4v) is 2.73. The first-order valence-electron chi connectivity index (χ1n) is 7.28. The number of anilines is 1. The number of nitrogens with one attached hydrogen (secondary N) is 1. The molecule has 1 fully saturated rings. The predicted molar refractivity (Wildman–Crippen MR) is 81.5 cm³/mol. The minimum absolute atomic E-state index is 0.101. The third-order valence-corrected chi connectivity index (χ3v) is 3.78. The maximum Gasteiger partial charge on any atom is 0.238 e. The van der Waals surface area contributed by atoms with Gasteiger partial charge in [0.15, 0.2) is 0 Å². The molecule has 0 spiro atoms. The maximum absolute atomic E-state index is 12.1. The molecule has 21 heavy (non-hydrogen) atoms. The number of carbonyl (C=O) groups excluding carboxylic acids is 2. The van der Waals surface area contributed by atoms with Crippen molar-refractivity contribution in [2.75, 3.05) is 25.5 Å². The van der Waals surface area contributed by atoms with Crippen LogP contribution in [0.3, 0.4) is 0 Å². The number of ketones is 1. The lowest BCUT2D eigenvalue weighted by Crippen LogP contribution is -2.47. The van der Waals surface area contributed by atoms with E-state index in [0.29, 0.717) is 11.4 Å². The van der Waals surface area contributed by atoms with E-state index < -0.39 is 0 Å². The molecule has 2 rings (SSSR count). The van der Waals surface area contributed by atoms with E-state index in [9.17, 15) is 9.59 Å². The zero-order valence-electron chi connectivity index (χ0n) is 12.6. The van der Waals surface area contributed by atoms with Crippen LogP contribution < -0.4 is 10.1 Å². The van der Waals surface area contributed by atoms with E-state index in [1.54, 1.807) is 20.1 Å². The molecule has 1 aliphatic heterocycles. The minimum atomic E-state index is -0.116. The summed E-state index contributed by atoms with van der Waals surface area (Å²) >= 11 is 0. The molecular weight excluding hydrogens is 268 g/mol. The SMILES string of the molecule is COc1cccc(NC(=O)CN2CCCCC2C(C)=O)c1. The van der Waals surface area contributed by atoms with Crippen LogP contribution in [-0.4, -0.2) is 42.8 Å². The Morgan fingerprint density at radius 1 is 1.38 bits per heavy atom. The van der Waals surface area contributed by atoms with Crippen LogP contribution in [0.25, 0.3) is 0 Å². The van der Waals surface area contributed by atoms with E-state index in [2.05, 4.69) is 5.32 Å². The number of likely N-dealkylation sites (tertiary alicyclic amines) is 1. The highest BCUT2D eigenvalue weighted by atomic mass is 16.5. The number of benzene rings is 1. The molecule has 0 radical (unpaired) electrons. The van der Waals surface area contributed by atoms with Gasteiger partial charge in [0.2, 0.25) is 5.91 Å². The Hall–Kier alpha value is -1.88. The standard InChI is InChI=1S/C16H22N2O3/c1-12(19)15-8-3-4-9-18(15)11-16(20)17-13-6-5-7-14(10-13)21-2/h5-7,10,15H,3-4,8-9,11H2,1-2H3,(H,17,20). The molecule has 1 atom stereocenters. The number of ether oxygens (including phenoxy) is 1. The van der Waals surface area contributed by atoms with Crippen molar-refractivity contribution in [2.24, 2.45) is 0 Å². The highest BCUT2D eigenvalue weighted by molar-refractivity contribution is 5.93. The first kappa shape index (κ1) is 15.5. The molecule has 0 aromatic heterocycles. The summed E-state index contributed by atoms with van der Waals surface area (Å²) in [7, 11) is 1.59. The van der Waals surface area contributed by atoms with Crippen molar-refractivity contribution < 1.29 is 14.3 Å². The van der Waals surface area contributed by atoms with Crippen molar-refractivity contribution >= 4 is 17.4 Å². The molecule has 114 valence electrons. The van der Waals surface area contributed by atoms with Crippen LogP contribution in [0.15, 0.2) is 24.3 Å². The Morgan fingerprint density at radius 3 is 2.90 bits per heavy atom. The highest BCUT2D eigenvalue weighted by Crippen LogP contribution is 2.19. The molecule has 1 aromatic carbocycles.